The van der Waals surface area contributed by atoms with Gasteiger partial charge in [-0.1, -0.05) is 20.4 Å². The number of carbonyl (C=O) groups is 2. The van der Waals surface area contributed by atoms with Gasteiger partial charge in [-0.25, -0.2) is 18.7 Å². The van der Waals surface area contributed by atoms with Crippen LogP contribution in [0.5, 0.6) is 5.75 Å². The third-order valence-electron chi connectivity index (χ3n) is 6.46. The van der Waals surface area contributed by atoms with E-state index in [1.807, 2.05) is 0 Å². The van der Waals surface area contributed by atoms with Crippen molar-refractivity contribution in [3.63, 3.8) is 0 Å². The lowest BCUT2D eigenvalue weighted by Gasteiger charge is -2.18. The quantitative estimate of drug-likeness (QED) is 0.398. The highest BCUT2D eigenvalue weighted by molar-refractivity contribution is 7.14. The second-order valence-electron chi connectivity index (χ2n) is 9.99. The monoisotopic (exact) mass is 541 g/mol. The second-order valence-corrected chi connectivity index (χ2v) is 11.1. The van der Waals surface area contributed by atoms with E-state index < -0.39 is 17.5 Å². The van der Waals surface area contributed by atoms with Crippen molar-refractivity contribution in [1.29, 1.82) is 0 Å². The van der Waals surface area contributed by atoms with Gasteiger partial charge in [0, 0.05) is 28.7 Å². The number of nitrogens with two attached hydrogens (primary N) is 1. The molecule has 0 aliphatic heterocycles. The molecule has 0 saturated carbocycles. The number of nitrogens with zero attached hydrogens (tertiary/aromatic N) is 3. The lowest BCUT2D eigenvalue weighted by molar-refractivity contribution is -0.125. The highest BCUT2D eigenvalue weighted by Crippen LogP contribution is 2.43. The van der Waals surface area contributed by atoms with Crippen LogP contribution in [0.15, 0.2) is 31.1 Å². The van der Waals surface area contributed by atoms with Crippen LogP contribution in [0.1, 0.15) is 39.5 Å². The number of benzene rings is 1. The van der Waals surface area contributed by atoms with Crippen molar-refractivity contribution in [2.45, 2.75) is 33.6 Å². The molecule has 1 aliphatic carbocycles. The predicted molar refractivity (Wildman–Crippen MR) is 143 cm³/mol. The molecule has 4 rings (SSSR count). The third-order valence-corrected chi connectivity index (χ3v) is 7.66. The van der Waals surface area contributed by atoms with Gasteiger partial charge in [0.1, 0.15) is 35.1 Å². The average Bonchev–Trinajstić information content (AvgIpc) is 3.33. The first-order valence-electron chi connectivity index (χ1n) is 11.9. The summed E-state index contributed by atoms with van der Waals surface area (Å²) in [6.45, 7) is 9.55. The summed E-state index contributed by atoms with van der Waals surface area (Å²) in [4.78, 5) is 35.2. The Kier molecular flexibility index (Phi) is 7.50. The molecule has 0 unspecified atom stereocenters. The topological polar surface area (TPSA) is 110 Å². The molecule has 2 heterocycles. The first-order chi connectivity index (χ1) is 17.9. The molecule has 8 nitrogen and oxygen atoms in total. The molecule has 3 N–H and O–H groups in total. The second kappa shape index (κ2) is 10.5. The molecular weight excluding hydrogens is 512 g/mol. The number of carbonyl (C=O) groups excluding carboxylic acids is 2. The molecular formula is C27H29F2N5O3S. The molecule has 1 aliphatic rings. The average molecular weight is 542 g/mol. The number of fused-ring (bicyclic) bond motifs is 1. The zero-order valence-corrected chi connectivity index (χ0v) is 22.5. The summed E-state index contributed by atoms with van der Waals surface area (Å²) in [6, 6.07) is 2.41. The number of anilines is 2. The maximum Gasteiger partial charge on any atom is 0.268 e. The van der Waals surface area contributed by atoms with Crippen molar-refractivity contribution < 1.29 is 23.1 Å². The molecule has 0 saturated heterocycles. The van der Waals surface area contributed by atoms with Gasteiger partial charge in [0.15, 0.2) is 11.6 Å². The number of likely N-dealkylation sites (N-methyl/N-ethyl adjacent to an activating group) is 1. The molecule has 3 aromatic rings. The van der Waals surface area contributed by atoms with E-state index in [2.05, 4.69) is 35.7 Å². The molecule has 0 atom stereocenters. The Morgan fingerprint density at radius 2 is 2.03 bits per heavy atom. The number of thiophene rings is 1. The Labute approximate surface area is 223 Å². The molecule has 0 fully saturated rings. The fourth-order valence-corrected chi connectivity index (χ4v) is 5.79. The number of hydrogen-bond acceptors (Lipinski definition) is 7. The first-order valence-corrected chi connectivity index (χ1v) is 12.8. The van der Waals surface area contributed by atoms with Crippen molar-refractivity contribution in [2.24, 2.45) is 5.41 Å². The number of aromatic nitrogens is 2. The Morgan fingerprint density at radius 1 is 1.29 bits per heavy atom. The number of halogens is 2. The molecule has 1 aromatic carbocycles. The molecule has 11 heteroatoms. The maximum atomic E-state index is 15.1. The van der Waals surface area contributed by atoms with Crippen molar-refractivity contribution >= 4 is 34.7 Å². The van der Waals surface area contributed by atoms with Crippen molar-refractivity contribution in [3.8, 4) is 17.0 Å². The summed E-state index contributed by atoms with van der Waals surface area (Å²) in [6.07, 6.45) is 3.68. The fourth-order valence-electron chi connectivity index (χ4n) is 4.44. The number of nitrogens with one attached hydrogen (secondary N) is 1. The summed E-state index contributed by atoms with van der Waals surface area (Å²) in [5.74, 6) is -1.93. The highest BCUT2D eigenvalue weighted by Gasteiger charge is 2.35. The fraction of sp³-hybridized carbons (Fsp3) is 0.333. The Morgan fingerprint density at radius 3 is 2.71 bits per heavy atom. The van der Waals surface area contributed by atoms with Crippen molar-refractivity contribution in [2.75, 3.05) is 31.2 Å². The van der Waals surface area contributed by atoms with Crippen LogP contribution in [0.3, 0.4) is 0 Å². The molecule has 0 radical (unpaired) electrons. The molecule has 38 heavy (non-hydrogen) atoms. The summed E-state index contributed by atoms with van der Waals surface area (Å²) in [5.41, 5.74) is 7.75. The van der Waals surface area contributed by atoms with Gasteiger partial charge < -0.3 is 20.7 Å². The van der Waals surface area contributed by atoms with Crippen molar-refractivity contribution in [1.82, 2.24) is 14.9 Å². The van der Waals surface area contributed by atoms with Crippen LogP contribution >= 0.6 is 11.3 Å². The Bertz CT molecular complexity index is 1440. The zero-order chi connectivity index (χ0) is 27.8. The van der Waals surface area contributed by atoms with Gasteiger partial charge in [0.25, 0.3) is 5.91 Å². The minimum absolute atomic E-state index is 0.0239. The minimum atomic E-state index is -0.645. The lowest BCUT2D eigenvalue weighted by Crippen LogP contribution is -2.29. The summed E-state index contributed by atoms with van der Waals surface area (Å²) >= 11 is 1.14. The van der Waals surface area contributed by atoms with E-state index in [9.17, 15) is 14.0 Å². The number of nitrogen functional groups attached to an aromatic ring is 1. The van der Waals surface area contributed by atoms with E-state index in [0.29, 0.717) is 29.5 Å². The molecule has 200 valence electrons. The van der Waals surface area contributed by atoms with Crippen LogP contribution in [0.4, 0.5) is 20.3 Å². The third kappa shape index (κ3) is 5.38. The molecule has 2 aromatic heterocycles. The molecule has 0 spiro atoms. The smallest absolute Gasteiger partial charge is 0.268 e. The maximum absolute atomic E-state index is 15.1. The van der Waals surface area contributed by atoms with Crippen LogP contribution in [0.2, 0.25) is 0 Å². The SMILES string of the molecule is C=CC(=O)N(C)CCOc1c(N)ncnc1-c1cc(F)cc(NC(=O)c2sc3c(c2F)CC(C)(C)C3)c1C. The van der Waals surface area contributed by atoms with E-state index in [4.69, 9.17) is 10.5 Å². The van der Waals surface area contributed by atoms with E-state index >= 15 is 4.39 Å². The summed E-state index contributed by atoms with van der Waals surface area (Å²) < 4.78 is 35.7. The Hall–Kier alpha value is -3.86. The van der Waals surface area contributed by atoms with Gasteiger partial charge in [-0.3, -0.25) is 9.59 Å². The van der Waals surface area contributed by atoms with Crippen LogP contribution in [-0.4, -0.2) is 46.9 Å². The summed E-state index contributed by atoms with van der Waals surface area (Å²) in [5, 5.41) is 2.66. The van der Waals surface area contributed by atoms with E-state index in [1.54, 1.807) is 14.0 Å². The standard InChI is InChI=1S/C27H29F2N5O3S/c1-6-20(35)34(5)7-8-37-23-22(31-13-32-25(23)30)16-9-15(28)10-18(14(16)2)33-26(36)24-21(29)17-11-27(3,4)12-19(17)38-24/h6,9-10,13H,1,7-8,11-12H2,2-5H3,(H,33,36)(H2,30,31,32). The van der Waals surface area contributed by atoms with Gasteiger partial charge in [-0.15, -0.1) is 11.3 Å². The van der Waals surface area contributed by atoms with E-state index in [0.717, 1.165) is 16.2 Å². The lowest BCUT2D eigenvalue weighted by atomic mass is 9.90. The zero-order valence-electron chi connectivity index (χ0n) is 21.7. The number of rotatable bonds is 8. The minimum Gasteiger partial charge on any atom is -0.486 e. The van der Waals surface area contributed by atoms with Gasteiger partial charge in [0.2, 0.25) is 5.91 Å². The normalized spacial score (nSPS) is 13.6. The Balaban J connectivity index is 1.61. The number of amides is 2. The van der Waals surface area contributed by atoms with Crippen LogP contribution < -0.4 is 15.8 Å². The first kappa shape index (κ1) is 27.2. The number of ether oxygens (including phenoxy) is 1. The van der Waals surface area contributed by atoms with E-state index in [-0.39, 0.29) is 52.3 Å². The molecule has 2 amide bonds. The van der Waals surface area contributed by atoms with E-state index in [1.165, 1.54) is 29.4 Å². The van der Waals surface area contributed by atoms with Crippen molar-refractivity contribution in [3.05, 3.63) is 63.6 Å². The largest absolute Gasteiger partial charge is 0.486 e. The van der Waals surface area contributed by atoms with Gasteiger partial charge in [-0.2, -0.15) is 0 Å². The summed E-state index contributed by atoms with van der Waals surface area (Å²) in [7, 11) is 1.59. The van der Waals surface area contributed by atoms with Gasteiger partial charge in [-0.05, 0) is 49.0 Å². The highest BCUT2D eigenvalue weighted by atomic mass is 32.1. The van der Waals surface area contributed by atoms with Crippen LogP contribution in [0, 0.1) is 24.0 Å². The molecule has 0 bridgehead atoms. The van der Waals surface area contributed by atoms with Gasteiger partial charge in [0.05, 0.1) is 6.54 Å². The van der Waals surface area contributed by atoms with Crippen LogP contribution in [-0.2, 0) is 17.6 Å². The van der Waals surface area contributed by atoms with Gasteiger partial charge >= 0.3 is 0 Å². The predicted octanol–water partition coefficient (Wildman–Crippen LogP) is 4.77. The van der Waals surface area contributed by atoms with Crippen LogP contribution in [0.25, 0.3) is 11.3 Å². The number of hydrogen-bond donors (Lipinski definition) is 2.